The van der Waals surface area contributed by atoms with Gasteiger partial charge in [-0.15, -0.1) is 0 Å². The minimum atomic E-state index is -0.326. The molecule has 1 saturated heterocycles. The zero-order chi connectivity index (χ0) is 18.5. The quantitative estimate of drug-likeness (QED) is 0.717. The van der Waals surface area contributed by atoms with Gasteiger partial charge in [-0.25, -0.2) is 0 Å². The number of carbonyl (C=O) groups excluding carboxylic acids is 2. The monoisotopic (exact) mass is 388 g/mol. The predicted octanol–water partition coefficient (Wildman–Crippen LogP) is 4.84. The Hall–Kier alpha value is -2.44. The first-order chi connectivity index (χ1) is 12.6. The maximum absolute atomic E-state index is 12.5. The summed E-state index contributed by atoms with van der Waals surface area (Å²) in [5.74, 6) is 0.440. The van der Waals surface area contributed by atoms with Gasteiger partial charge < -0.3 is 10.1 Å². The molecular formula is C19H17ClN2O3S. The summed E-state index contributed by atoms with van der Waals surface area (Å²) in [7, 11) is 0. The summed E-state index contributed by atoms with van der Waals surface area (Å²) in [6, 6.07) is 14.5. The molecule has 3 rings (SSSR count). The van der Waals surface area contributed by atoms with E-state index in [0.717, 1.165) is 28.0 Å². The molecule has 26 heavy (non-hydrogen) atoms. The fourth-order valence-corrected chi connectivity index (χ4v) is 3.42. The molecule has 0 unspecified atom stereocenters. The van der Waals surface area contributed by atoms with Gasteiger partial charge in [0.2, 0.25) is 0 Å². The summed E-state index contributed by atoms with van der Waals surface area (Å²) in [5, 5.41) is 3.24. The standard InChI is InChI=1S/C19H17ClN2O3S/c1-2-25-14-9-7-13(8-10-14)11-17-18(23)22(19(24)26-17)12-21-16-6-4-3-5-15(16)20/h3-11,21H,2,12H2,1H3/b17-11+. The Bertz CT molecular complexity index is 852. The Morgan fingerprint density at radius 3 is 2.58 bits per heavy atom. The van der Waals surface area contributed by atoms with Crippen LogP contribution in [0.15, 0.2) is 53.4 Å². The Morgan fingerprint density at radius 1 is 1.15 bits per heavy atom. The molecule has 0 radical (unpaired) electrons. The van der Waals surface area contributed by atoms with E-state index in [2.05, 4.69) is 5.32 Å². The lowest BCUT2D eigenvalue weighted by molar-refractivity contribution is -0.122. The number of hydrogen-bond acceptors (Lipinski definition) is 5. The molecule has 2 aromatic carbocycles. The lowest BCUT2D eigenvalue weighted by Crippen LogP contribution is -2.33. The summed E-state index contributed by atoms with van der Waals surface area (Å²) >= 11 is 7.00. The van der Waals surface area contributed by atoms with Crippen LogP contribution in [-0.4, -0.2) is 29.3 Å². The van der Waals surface area contributed by atoms with Crippen LogP contribution in [0.1, 0.15) is 12.5 Å². The lowest BCUT2D eigenvalue weighted by atomic mass is 10.2. The lowest BCUT2D eigenvalue weighted by Gasteiger charge is -2.15. The number of rotatable bonds is 6. The third-order valence-corrected chi connectivity index (χ3v) is 4.90. The molecule has 0 spiro atoms. The van der Waals surface area contributed by atoms with E-state index in [4.69, 9.17) is 16.3 Å². The highest BCUT2D eigenvalue weighted by molar-refractivity contribution is 8.18. The number of para-hydroxylation sites is 1. The molecule has 2 aromatic rings. The van der Waals surface area contributed by atoms with Crippen molar-refractivity contribution in [2.75, 3.05) is 18.6 Å². The number of benzene rings is 2. The van der Waals surface area contributed by atoms with Gasteiger partial charge in [0, 0.05) is 0 Å². The van der Waals surface area contributed by atoms with Gasteiger partial charge in [0.05, 0.1) is 28.9 Å². The minimum absolute atomic E-state index is 0.0645. The molecule has 1 N–H and O–H groups in total. The van der Waals surface area contributed by atoms with Gasteiger partial charge in [-0.05, 0) is 54.6 Å². The second kappa shape index (κ2) is 8.29. The van der Waals surface area contributed by atoms with Crippen molar-refractivity contribution in [2.45, 2.75) is 6.92 Å². The van der Waals surface area contributed by atoms with E-state index in [1.165, 1.54) is 0 Å². The summed E-state index contributed by atoms with van der Waals surface area (Å²) in [6.07, 6.45) is 1.70. The number of carbonyl (C=O) groups is 2. The summed E-state index contributed by atoms with van der Waals surface area (Å²) < 4.78 is 5.40. The minimum Gasteiger partial charge on any atom is -0.494 e. The Balaban J connectivity index is 1.69. The van der Waals surface area contributed by atoms with Crippen LogP contribution >= 0.6 is 23.4 Å². The highest BCUT2D eigenvalue weighted by Crippen LogP contribution is 2.32. The van der Waals surface area contributed by atoms with E-state index in [9.17, 15) is 9.59 Å². The van der Waals surface area contributed by atoms with Crippen molar-refractivity contribution in [1.29, 1.82) is 0 Å². The normalized spacial score (nSPS) is 15.6. The number of ether oxygens (including phenoxy) is 1. The summed E-state index contributed by atoms with van der Waals surface area (Å²) in [5.41, 5.74) is 1.50. The zero-order valence-electron chi connectivity index (χ0n) is 14.1. The first kappa shape index (κ1) is 18.4. The molecule has 1 aliphatic rings. The first-order valence-corrected chi connectivity index (χ1v) is 9.24. The molecule has 2 amide bonds. The predicted molar refractivity (Wildman–Crippen MR) is 105 cm³/mol. The molecule has 1 heterocycles. The van der Waals surface area contributed by atoms with Gasteiger partial charge in [0.25, 0.3) is 11.1 Å². The van der Waals surface area contributed by atoms with Gasteiger partial charge >= 0.3 is 0 Å². The van der Waals surface area contributed by atoms with E-state index in [1.807, 2.05) is 43.3 Å². The van der Waals surface area contributed by atoms with Gasteiger partial charge in [-0.3, -0.25) is 14.5 Å². The second-order valence-corrected chi connectivity index (χ2v) is 6.83. The SMILES string of the molecule is CCOc1ccc(/C=C2/SC(=O)N(CNc3ccccc3Cl)C2=O)cc1. The number of hydrogen-bond donors (Lipinski definition) is 1. The van der Waals surface area contributed by atoms with Gasteiger partial charge in [0.1, 0.15) is 5.75 Å². The fraction of sp³-hybridized carbons (Fsp3) is 0.158. The van der Waals surface area contributed by atoms with E-state index < -0.39 is 0 Å². The van der Waals surface area contributed by atoms with Crippen LogP contribution in [-0.2, 0) is 4.79 Å². The first-order valence-electron chi connectivity index (χ1n) is 8.05. The van der Waals surface area contributed by atoms with Crippen LogP contribution in [0.5, 0.6) is 5.75 Å². The second-order valence-electron chi connectivity index (χ2n) is 5.43. The number of anilines is 1. The number of nitrogens with one attached hydrogen (secondary N) is 1. The third-order valence-electron chi connectivity index (χ3n) is 3.66. The van der Waals surface area contributed by atoms with E-state index in [1.54, 1.807) is 18.2 Å². The molecule has 134 valence electrons. The molecule has 5 nitrogen and oxygen atoms in total. The molecule has 0 saturated carbocycles. The van der Waals surface area contributed by atoms with Crippen LogP contribution in [0.4, 0.5) is 10.5 Å². The topological polar surface area (TPSA) is 58.6 Å². The number of nitrogens with zero attached hydrogens (tertiary/aromatic N) is 1. The molecule has 0 aromatic heterocycles. The van der Waals surface area contributed by atoms with E-state index in [-0.39, 0.29) is 17.8 Å². The highest BCUT2D eigenvalue weighted by Gasteiger charge is 2.34. The Kier molecular flexibility index (Phi) is 5.85. The molecule has 0 bridgehead atoms. The van der Waals surface area contributed by atoms with Gasteiger partial charge in [-0.1, -0.05) is 35.9 Å². The largest absolute Gasteiger partial charge is 0.494 e. The molecule has 0 atom stereocenters. The molecule has 1 aliphatic heterocycles. The number of halogens is 1. The molecule has 1 fully saturated rings. The molecule has 0 aliphatic carbocycles. The third kappa shape index (κ3) is 4.20. The van der Waals surface area contributed by atoms with Crippen LogP contribution in [0.25, 0.3) is 6.08 Å². The average Bonchev–Trinajstić information content (AvgIpc) is 2.90. The van der Waals surface area contributed by atoms with E-state index in [0.29, 0.717) is 22.2 Å². The van der Waals surface area contributed by atoms with Crippen molar-refractivity contribution in [3.8, 4) is 5.75 Å². The van der Waals surface area contributed by atoms with Crippen molar-refractivity contribution in [3.63, 3.8) is 0 Å². The van der Waals surface area contributed by atoms with Crippen molar-refractivity contribution in [2.24, 2.45) is 0 Å². The number of imide groups is 1. The zero-order valence-corrected chi connectivity index (χ0v) is 15.6. The summed E-state index contributed by atoms with van der Waals surface area (Å²) in [4.78, 5) is 26.2. The van der Waals surface area contributed by atoms with Crippen LogP contribution in [0, 0.1) is 0 Å². The van der Waals surface area contributed by atoms with Crippen molar-refractivity contribution in [1.82, 2.24) is 4.90 Å². The number of amides is 2. The van der Waals surface area contributed by atoms with Gasteiger partial charge in [-0.2, -0.15) is 0 Å². The number of thioether (sulfide) groups is 1. The summed E-state index contributed by atoms with van der Waals surface area (Å²) in [6.45, 7) is 2.58. The van der Waals surface area contributed by atoms with Crippen LogP contribution in [0.2, 0.25) is 5.02 Å². The van der Waals surface area contributed by atoms with Crippen molar-refractivity contribution < 1.29 is 14.3 Å². The Morgan fingerprint density at radius 2 is 1.88 bits per heavy atom. The highest BCUT2D eigenvalue weighted by atomic mass is 35.5. The Labute approximate surface area is 161 Å². The maximum Gasteiger partial charge on any atom is 0.295 e. The van der Waals surface area contributed by atoms with Gasteiger partial charge in [0.15, 0.2) is 0 Å². The van der Waals surface area contributed by atoms with Crippen molar-refractivity contribution >= 4 is 46.3 Å². The fourth-order valence-electron chi connectivity index (χ4n) is 2.38. The van der Waals surface area contributed by atoms with Crippen LogP contribution < -0.4 is 10.1 Å². The smallest absolute Gasteiger partial charge is 0.295 e. The average molecular weight is 389 g/mol. The maximum atomic E-state index is 12.5. The van der Waals surface area contributed by atoms with E-state index >= 15 is 0 Å². The molecular weight excluding hydrogens is 372 g/mol. The molecule has 7 heteroatoms. The van der Waals surface area contributed by atoms with Crippen molar-refractivity contribution in [3.05, 3.63) is 64.0 Å². The van der Waals surface area contributed by atoms with Crippen LogP contribution in [0.3, 0.4) is 0 Å².